The Labute approximate surface area is 108 Å². The Balaban J connectivity index is 1.96. The van der Waals surface area contributed by atoms with Crippen molar-refractivity contribution in [3.8, 4) is 0 Å². The lowest BCUT2D eigenvalue weighted by Crippen LogP contribution is -2.52. The zero-order valence-electron chi connectivity index (χ0n) is 11.4. The van der Waals surface area contributed by atoms with Crippen molar-refractivity contribution < 1.29 is 14.3 Å². The molecule has 2 aliphatic carbocycles. The van der Waals surface area contributed by atoms with Gasteiger partial charge in [0, 0.05) is 24.2 Å². The van der Waals surface area contributed by atoms with Crippen LogP contribution in [0.5, 0.6) is 0 Å². The van der Waals surface area contributed by atoms with Gasteiger partial charge in [0.25, 0.3) is 0 Å². The van der Waals surface area contributed by atoms with Gasteiger partial charge in [0.15, 0.2) is 0 Å². The normalized spacial score (nSPS) is 51.6. The minimum absolute atomic E-state index is 0.00880. The molecule has 3 fully saturated rings. The van der Waals surface area contributed by atoms with E-state index in [2.05, 4.69) is 6.92 Å². The first-order chi connectivity index (χ1) is 8.44. The van der Waals surface area contributed by atoms with Gasteiger partial charge >= 0.3 is 5.97 Å². The highest BCUT2D eigenvalue weighted by Gasteiger charge is 2.58. The lowest BCUT2D eigenvalue weighted by Gasteiger charge is -2.51. The lowest BCUT2D eigenvalue weighted by atomic mass is 9.53. The van der Waals surface area contributed by atoms with Gasteiger partial charge in [-0.2, -0.15) is 0 Å². The van der Waals surface area contributed by atoms with Crippen molar-refractivity contribution in [2.45, 2.75) is 52.6 Å². The number of Topliss-reactive ketones (excluding diaryl/α,β-unsaturated/α-hetero) is 1. The number of fused-ring (bicyclic) bond motifs is 3. The molecular weight excluding hydrogens is 228 g/mol. The van der Waals surface area contributed by atoms with Crippen LogP contribution in [0.4, 0.5) is 0 Å². The molecule has 2 saturated carbocycles. The number of hydrogen-bond donors (Lipinski definition) is 0. The van der Waals surface area contributed by atoms with Gasteiger partial charge in [-0.15, -0.1) is 0 Å². The van der Waals surface area contributed by atoms with Crippen LogP contribution >= 0.6 is 0 Å². The van der Waals surface area contributed by atoms with Crippen LogP contribution in [-0.4, -0.2) is 17.9 Å². The average molecular weight is 250 g/mol. The van der Waals surface area contributed by atoms with E-state index in [4.69, 9.17) is 4.74 Å². The maximum Gasteiger partial charge on any atom is 0.309 e. The number of esters is 1. The van der Waals surface area contributed by atoms with Crippen LogP contribution in [0.25, 0.3) is 0 Å². The second-order valence-electron chi connectivity index (χ2n) is 6.83. The van der Waals surface area contributed by atoms with Crippen molar-refractivity contribution in [2.24, 2.45) is 29.1 Å². The zero-order chi connectivity index (χ0) is 13.1. The number of ketones is 1. The number of carbonyl (C=O) groups is 2. The summed E-state index contributed by atoms with van der Waals surface area (Å²) in [6.07, 6.45) is 3.87. The molecule has 0 aromatic heterocycles. The topological polar surface area (TPSA) is 43.4 Å². The number of hydrogen-bond acceptors (Lipinski definition) is 3. The fourth-order valence-electron chi connectivity index (χ4n) is 4.62. The summed E-state index contributed by atoms with van der Waals surface area (Å²) in [6.45, 7) is 6.29. The second-order valence-corrected chi connectivity index (χ2v) is 6.83. The minimum Gasteiger partial charge on any atom is -0.461 e. The van der Waals surface area contributed by atoms with Crippen LogP contribution in [0.2, 0.25) is 0 Å². The predicted octanol–water partition coefficient (Wildman–Crippen LogP) is 2.58. The van der Waals surface area contributed by atoms with Crippen molar-refractivity contribution in [1.29, 1.82) is 0 Å². The summed E-state index contributed by atoms with van der Waals surface area (Å²) in [4.78, 5) is 23.8. The van der Waals surface area contributed by atoms with E-state index in [0.717, 1.165) is 19.3 Å². The smallest absolute Gasteiger partial charge is 0.309 e. The van der Waals surface area contributed by atoms with Gasteiger partial charge in [0.1, 0.15) is 11.9 Å². The highest BCUT2D eigenvalue weighted by molar-refractivity contribution is 5.82. The second kappa shape index (κ2) is 3.82. The first-order valence-electron chi connectivity index (χ1n) is 7.17. The molecule has 3 nitrogen and oxygen atoms in total. The first kappa shape index (κ1) is 12.2. The molecule has 0 unspecified atom stereocenters. The molecule has 1 aliphatic heterocycles. The van der Waals surface area contributed by atoms with E-state index < -0.39 is 0 Å². The standard InChI is InChI=1S/C15H22O3/c1-8-10-4-6-15(3)7-5-11(16)9(2)12(15)13(10)18-14(8)17/h8-10,12-13H,4-7H2,1-3H3/t8-,9+,10-,12+,13+,15-/m0/s1. The summed E-state index contributed by atoms with van der Waals surface area (Å²) in [7, 11) is 0. The van der Waals surface area contributed by atoms with Crippen LogP contribution < -0.4 is 0 Å². The van der Waals surface area contributed by atoms with E-state index in [1.54, 1.807) is 0 Å². The van der Waals surface area contributed by atoms with Crippen molar-refractivity contribution in [3.63, 3.8) is 0 Å². The molecular formula is C15H22O3. The van der Waals surface area contributed by atoms with Gasteiger partial charge in [-0.1, -0.05) is 20.8 Å². The van der Waals surface area contributed by atoms with E-state index in [1.807, 2.05) is 13.8 Å². The maximum atomic E-state index is 12.0. The Bertz CT molecular complexity index is 403. The van der Waals surface area contributed by atoms with E-state index in [-0.39, 0.29) is 35.2 Å². The van der Waals surface area contributed by atoms with Crippen molar-refractivity contribution in [3.05, 3.63) is 0 Å². The minimum atomic E-state index is -0.0560. The summed E-state index contributed by atoms with van der Waals surface area (Å²) < 4.78 is 5.64. The molecule has 0 spiro atoms. The summed E-state index contributed by atoms with van der Waals surface area (Å²) in [6, 6.07) is 0. The van der Waals surface area contributed by atoms with Crippen LogP contribution in [0.3, 0.4) is 0 Å². The van der Waals surface area contributed by atoms with E-state index >= 15 is 0 Å². The SMILES string of the molecule is C[C@@H]1C(=O)O[C@@H]2[C@H]1CC[C@@]1(C)CCC(=O)[C@@H](C)[C@H]21. The first-order valence-corrected chi connectivity index (χ1v) is 7.17. The summed E-state index contributed by atoms with van der Waals surface area (Å²) >= 11 is 0. The molecule has 0 aromatic carbocycles. The third kappa shape index (κ3) is 1.49. The largest absolute Gasteiger partial charge is 0.461 e. The summed E-state index contributed by atoms with van der Waals surface area (Å²) in [5.74, 6) is 0.946. The quantitative estimate of drug-likeness (QED) is 0.621. The van der Waals surface area contributed by atoms with Gasteiger partial charge < -0.3 is 4.74 Å². The van der Waals surface area contributed by atoms with Gasteiger partial charge in [-0.3, -0.25) is 9.59 Å². The molecule has 3 heteroatoms. The van der Waals surface area contributed by atoms with Gasteiger partial charge in [0.2, 0.25) is 0 Å². The molecule has 3 aliphatic rings. The molecule has 18 heavy (non-hydrogen) atoms. The van der Waals surface area contributed by atoms with Crippen molar-refractivity contribution in [2.75, 3.05) is 0 Å². The van der Waals surface area contributed by atoms with E-state index in [0.29, 0.717) is 18.1 Å². The molecule has 0 aromatic rings. The molecule has 3 rings (SSSR count). The zero-order valence-corrected chi connectivity index (χ0v) is 11.4. The molecule has 0 bridgehead atoms. The monoisotopic (exact) mass is 250 g/mol. The fraction of sp³-hybridized carbons (Fsp3) is 0.867. The number of rotatable bonds is 0. The summed E-state index contributed by atoms with van der Waals surface area (Å²) in [5, 5.41) is 0. The fourth-order valence-corrected chi connectivity index (χ4v) is 4.62. The molecule has 0 radical (unpaired) electrons. The average Bonchev–Trinajstić information content (AvgIpc) is 2.60. The molecule has 6 atom stereocenters. The van der Waals surface area contributed by atoms with Gasteiger partial charge in [0.05, 0.1) is 5.92 Å². The Kier molecular flexibility index (Phi) is 2.58. The molecule has 1 saturated heterocycles. The maximum absolute atomic E-state index is 12.0. The molecule has 0 N–H and O–H groups in total. The third-order valence-corrected chi connectivity index (χ3v) is 5.88. The molecule has 1 heterocycles. The van der Waals surface area contributed by atoms with E-state index in [1.165, 1.54) is 0 Å². The van der Waals surface area contributed by atoms with Crippen LogP contribution in [0.1, 0.15) is 46.5 Å². The highest BCUT2D eigenvalue weighted by Crippen LogP contribution is 2.56. The molecule has 0 amide bonds. The van der Waals surface area contributed by atoms with Gasteiger partial charge in [-0.05, 0) is 24.7 Å². The summed E-state index contributed by atoms with van der Waals surface area (Å²) in [5.41, 5.74) is 0.193. The lowest BCUT2D eigenvalue weighted by molar-refractivity contribution is -0.158. The number of carbonyl (C=O) groups excluding carboxylic acids is 2. The molecule has 100 valence electrons. The highest BCUT2D eigenvalue weighted by atomic mass is 16.6. The Morgan fingerprint density at radius 1 is 1.17 bits per heavy atom. The van der Waals surface area contributed by atoms with Gasteiger partial charge in [-0.25, -0.2) is 0 Å². The predicted molar refractivity (Wildman–Crippen MR) is 66.8 cm³/mol. The third-order valence-electron chi connectivity index (χ3n) is 5.88. The van der Waals surface area contributed by atoms with Crippen molar-refractivity contribution >= 4 is 11.8 Å². The Morgan fingerprint density at radius 2 is 1.89 bits per heavy atom. The van der Waals surface area contributed by atoms with Crippen molar-refractivity contribution in [1.82, 2.24) is 0 Å². The number of ether oxygens (including phenoxy) is 1. The van der Waals surface area contributed by atoms with Crippen LogP contribution in [0.15, 0.2) is 0 Å². The Morgan fingerprint density at radius 3 is 2.61 bits per heavy atom. The van der Waals surface area contributed by atoms with Crippen LogP contribution in [0, 0.1) is 29.1 Å². The van der Waals surface area contributed by atoms with E-state index in [9.17, 15) is 9.59 Å². The van der Waals surface area contributed by atoms with Crippen LogP contribution in [-0.2, 0) is 14.3 Å². The Hall–Kier alpha value is -0.860.